The number of carbonyl (C=O) groups is 3. The Kier molecular flexibility index (Phi) is 5.36. The molecule has 1 unspecified atom stereocenters. The number of nitrogens with two attached hydrogens (primary N) is 1. The summed E-state index contributed by atoms with van der Waals surface area (Å²) in [6.45, 7) is 5.17. The van der Waals surface area contributed by atoms with Gasteiger partial charge >= 0.3 is 6.09 Å². The summed E-state index contributed by atoms with van der Waals surface area (Å²) < 4.78 is 20.3. The fourth-order valence-corrected chi connectivity index (χ4v) is 3.29. The molecule has 2 aromatic rings. The van der Waals surface area contributed by atoms with Crippen molar-refractivity contribution in [2.45, 2.75) is 39.0 Å². The van der Waals surface area contributed by atoms with Crippen LogP contribution in [0.2, 0.25) is 5.02 Å². The van der Waals surface area contributed by atoms with Crippen molar-refractivity contribution in [1.29, 1.82) is 0 Å². The first-order chi connectivity index (χ1) is 13.5. The molecular weight excluding hydrogens is 403 g/mol. The number of primary amides is 1. The summed E-state index contributed by atoms with van der Waals surface area (Å²) in [5.41, 5.74) is 5.70. The lowest BCUT2D eigenvalue weighted by Crippen LogP contribution is -2.44. The van der Waals surface area contributed by atoms with Crippen molar-refractivity contribution in [2.24, 2.45) is 5.73 Å². The second-order valence-corrected chi connectivity index (χ2v) is 8.08. The van der Waals surface area contributed by atoms with Crippen molar-refractivity contribution in [3.8, 4) is 11.3 Å². The van der Waals surface area contributed by atoms with Crippen LogP contribution in [0.3, 0.4) is 0 Å². The number of carbonyl (C=O) groups excluding carboxylic acids is 3. The number of benzene rings is 1. The molecular formula is C19H20ClFN4O4. The lowest BCUT2D eigenvalue weighted by atomic mass is 10.0. The van der Waals surface area contributed by atoms with E-state index in [0.717, 1.165) is 6.07 Å². The molecule has 29 heavy (non-hydrogen) atoms. The molecule has 8 nitrogen and oxygen atoms in total. The van der Waals surface area contributed by atoms with Crippen molar-refractivity contribution in [1.82, 2.24) is 14.7 Å². The minimum atomic E-state index is -0.839. The third-order valence-electron chi connectivity index (χ3n) is 4.32. The first-order valence-corrected chi connectivity index (χ1v) is 9.19. The molecule has 2 amide bonds. The van der Waals surface area contributed by atoms with Crippen LogP contribution in [0.4, 0.5) is 9.18 Å². The molecule has 0 fully saturated rings. The number of hydrogen-bond donors (Lipinski definition) is 1. The lowest BCUT2D eigenvalue weighted by Gasteiger charge is -2.33. The van der Waals surface area contributed by atoms with Gasteiger partial charge in [0.2, 0.25) is 0 Å². The first-order valence-electron chi connectivity index (χ1n) is 8.81. The van der Waals surface area contributed by atoms with Crippen molar-refractivity contribution >= 4 is 29.9 Å². The second-order valence-electron chi connectivity index (χ2n) is 7.67. The normalized spacial score (nSPS) is 16.3. The van der Waals surface area contributed by atoms with E-state index in [9.17, 15) is 18.8 Å². The number of halogens is 2. The highest BCUT2D eigenvalue weighted by atomic mass is 35.5. The van der Waals surface area contributed by atoms with Gasteiger partial charge in [-0.2, -0.15) is 5.10 Å². The van der Waals surface area contributed by atoms with Gasteiger partial charge in [0.25, 0.3) is 5.91 Å². The van der Waals surface area contributed by atoms with Crippen LogP contribution < -0.4 is 5.73 Å². The number of rotatable bonds is 3. The van der Waals surface area contributed by atoms with Gasteiger partial charge in [0.05, 0.1) is 29.4 Å². The Balaban J connectivity index is 2.10. The van der Waals surface area contributed by atoms with Crippen LogP contribution in [0, 0.1) is 5.82 Å². The Hall–Kier alpha value is -2.94. The highest BCUT2D eigenvalue weighted by Gasteiger charge is 2.36. The van der Waals surface area contributed by atoms with Crippen LogP contribution in [0.15, 0.2) is 18.2 Å². The summed E-state index contributed by atoms with van der Waals surface area (Å²) in [5, 5.41) is 4.21. The van der Waals surface area contributed by atoms with Crippen molar-refractivity contribution in [3.05, 3.63) is 40.3 Å². The summed E-state index contributed by atoms with van der Waals surface area (Å²) in [7, 11) is 0. The Bertz CT molecular complexity index is 999. The fraction of sp³-hybridized carbons (Fsp3) is 0.368. The third-order valence-corrected chi connectivity index (χ3v) is 4.61. The van der Waals surface area contributed by atoms with Gasteiger partial charge in [-0.15, -0.1) is 0 Å². The molecule has 0 spiro atoms. The molecule has 1 aliphatic rings. The largest absolute Gasteiger partial charge is 0.444 e. The van der Waals surface area contributed by atoms with Crippen LogP contribution in [0.1, 0.15) is 42.9 Å². The molecule has 0 radical (unpaired) electrons. The highest BCUT2D eigenvalue weighted by Crippen LogP contribution is 2.33. The van der Waals surface area contributed by atoms with Crippen LogP contribution >= 0.6 is 11.6 Å². The first kappa shape index (κ1) is 20.8. The zero-order valence-corrected chi connectivity index (χ0v) is 16.9. The summed E-state index contributed by atoms with van der Waals surface area (Å²) in [5.74, 6) is -1.42. The number of aldehydes is 1. The highest BCUT2D eigenvalue weighted by molar-refractivity contribution is 6.31. The molecule has 154 valence electrons. The number of amides is 2. The molecule has 3 rings (SSSR count). The second kappa shape index (κ2) is 7.47. The van der Waals surface area contributed by atoms with E-state index >= 15 is 0 Å². The van der Waals surface area contributed by atoms with Gasteiger partial charge < -0.3 is 15.3 Å². The number of nitrogens with zero attached hydrogens (tertiary/aromatic N) is 3. The number of aromatic nitrogens is 2. The van der Waals surface area contributed by atoms with Gasteiger partial charge in [-0.1, -0.05) is 11.6 Å². The average Bonchev–Trinajstić information content (AvgIpc) is 3.01. The fourth-order valence-electron chi connectivity index (χ4n) is 3.11. The van der Waals surface area contributed by atoms with Gasteiger partial charge in [0.1, 0.15) is 29.4 Å². The monoisotopic (exact) mass is 422 g/mol. The molecule has 1 aromatic carbocycles. The molecule has 1 atom stereocenters. The predicted molar refractivity (Wildman–Crippen MR) is 103 cm³/mol. The Morgan fingerprint density at radius 3 is 2.62 bits per heavy atom. The zero-order valence-electron chi connectivity index (χ0n) is 16.1. The zero-order chi connectivity index (χ0) is 21.5. The Labute approximate surface area is 171 Å². The van der Waals surface area contributed by atoms with E-state index in [0.29, 0.717) is 17.5 Å². The summed E-state index contributed by atoms with van der Waals surface area (Å²) in [6.07, 6.45) is -0.00207. The minimum absolute atomic E-state index is 0.0227. The topological polar surface area (TPSA) is 108 Å². The van der Waals surface area contributed by atoms with E-state index in [-0.39, 0.29) is 29.4 Å². The summed E-state index contributed by atoms with van der Waals surface area (Å²) in [4.78, 5) is 37.7. The van der Waals surface area contributed by atoms with E-state index in [2.05, 4.69) is 5.10 Å². The lowest BCUT2D eigenvalue weighted by molar-refractivity contribution is -0.111. The minimum Gasteiger partial charge on any atom is -0.444 e. The maximum atomic E-state index is 13.5. The molecule has 1 aliphatic heterocycles. The van der Waals surface area contributed by atoms with Crippen LogP contribution in [-0.2, 0) is 16.1 Å². The van der Waals surface area contributed by atoms with E-state index in [4.69, 9.17) is 22.1 Å². The molecule has 1 aromatic heterocycles. The number of ether oxygens (including phenoxy) is 1. The van der Waals surface area contributed by atoms with E-state index in [1.54, 1.807) is 20.8 Å². The molecule has 0 saturated heterocycles. The summed E-state index contributed by atoms with van der Waals surface area (Å²) >= 11 is 5.85. The smallest absolute Gasteiger partial charge is 0.410 e. The van der Waals surface area contributed by atoms with E-state index in [1.807, 2.05) is 0 Å². The van der Waals surface area contributed by atoms with E-state index in [1.165, 1.54) is 21.7 Å². The van der Waals surface area contributed by atoms with Gasteiger partial charge in [0, 0.05) is 5.56 Å². The number of fused-ring (bicyclic) bond motifs is 1. The Morgan fingerprint density at radius 1 is 1.38 bits per heavy atom. The molecule has 2 N–H and O–H groups in total. The molecule has 0 bridgehead atoms. The van der Waals surface area contributed by atoms with Crippen molar-refractivity contribution in [2.75, 3.05) is 6.54 Å². The van der Waals surface area contributed by atoms with Gasteiger partial charge in [-0.3, -0.25) is 14.4 Å². The van der Waals surface area contributed by atoms with Gasteiger partial charge in [-0.05, 0) is 39.0 Å². The van der Waals surface area contributed by atoms with Gasteiger partial charge in [0.15, 0.2) is 0 Å². The van der Waals surface area contributed by atoms with Crippen LogP contribution in [-0.4, -0.2) is 45.1 Å². The molecule has 0 saturated carbocycles. The van der Waals surface area contributed by atoms with Crippen LogP contribution in [0.25, 0.3) is 11.3 Å². The average molecular weight is 423 g/mol. The van der Waals surface area contributed by atoms with Gasteiger partial charge in [-0.25, -0.2) is 9.18 Å². The quantitative estimate of drug-likeness (QED) is 0.765. The maximum Gasteiger partial charge on any atom is 0.410 e. The van der Waals surface area contributed by atoms with Crippen molar-refractivity contribution < 1.29 is 23.5 Å². The third kappa shape index (κ3) is 4.09. The SMILES string of the molecule is CC(C)(C)OC(=O)N1Cc2c(C(N)=O)c(-c3ccc(F)c(Cl)c3)nn2C(C=O)C1. The predicted octanol–water partition coefficient (Wildman–Crippen LogP) is 2.93. The summed E-state index contributed by atoms with van der Waals surface area (Å²) in [6, 6.07) is 3.03. The van der Waals surface area contributed by atoms with Crippen LogP contribution in [0.5, 0.6) is 0 Å². The number of hydrogen-bond acceptors (Lipinski definition) is 5. The molecule has 2 heterocycles. The Morgan fingerprint density at radius 2 is 2.07 bits per heavy atom. The molecule has 10 heteroatoms. The van der Waals surface area contributed by atoms with E-state index < -0.39 is 29.5 Å². The van der Waals surface area contributed by atoms with Crippen molar-refractivity contribution in [3.63, 3.8) is 0 Å². The maximum absolute atomic E-state index is 13.5. The molecule has 0 aliphatic carbocycles. The standard InChI is InChI=1S/C19H20ClFN4O4/c1-19(2,3)29-18(28)24-7-11(9-26)25-14(8-24)15(17(22)27)16(23-25)10-4-5-13(21)12(20)6-10/h4-6,9,11H,7-8H2,1-3H3,(H2,22,27).